The highest BCUT2D eigenvalue weighted by Crippen LogP contribution is 2.59. The lowest BCUT2D eigenvalue weighted by Crippen LogP contribution is -2.52. The third-order valence-electron chi connectivity index (χ3n) is 8.38. The molecule has 2 amide bonds. The van der Waals surface area contributed by atoms with Gasteiger partial charge in [0.2, 0.25) is 5.91 Å². The molecule has 2 atom stereocenters. The van der Waals surface area contributed by atoms with Crippen LogP contribution in [0.3, 0.4) is 0 Å². The van der Waals surface area contributed by atoms with Crippen molar-refractivity contribution in [2.75, 3.05) is 45.8 Å². The van der Waals surface area contributed by atoms with Crippen molar-refractivity contribution in [1.82, 2.24) is 14.7 Å². The molecule has 6 nitrogen and oxygen atoms in total. The van der Waals surface area contributed by atoms with E-state index in [9.17, 15) is 9.59 Å². The molecule has 182 valence electrons. The zero-order valence-electron chi connectivity index (χ0n) is 20.7. The van der Waals surface area contributed by atoms with Crippen molar-refractivity contribution in [1.29, 1.82) is 0 Å². The Balaban J connectivity index is 1.32. The smallest absolute Gasteiger partial charge is 0.289 e. The average molecular weight is 456 g/mol. The quantitative estimate of drug-likeness (QED) is 0.387. The van der Waals surface area contributed by atoms with Crippen LogP contribution in [0.25, 0.3) is 0 Å². The molecule has 2 fully saturated rings. The van der Waals surface area contributed by atoms with Gasteiger partial charge in [0.1, 0.15) is 0 Å². The van der Waals surface area contributed by atoms with Crippen LogP contribution in [0.1, 0.15) is 69.9 Å². The fourth-order valence-corrected chi connectivity index (χ4v) is 5.85. The Morgan fingerprint density at radius 2 is 1.97 bits per heavy atom. The topological polar surface area (TPSA) is 57.0 Å². The summed E-state index contributed by atoms with van der Waals surface area (Å²) in [4.78, 5) is 32.0. The van der Waals surface area contributed by atoms with Crippen LogP contribution in [0, 0.1) is 17.3 Å². The van der Waals surface area contributed by atoms with Gasteiger partial charge in [-0.25, -0.2) is 0 Å². The van der Waals surface area contributed by atoms with E-state index in [2.05, 4.69) is 31.7 Å². The Bertz CT molecular complexity index is 837. The van der Waals surface area contributed by atoms with Gasteiger partial charge >= 0.3 is 0 Å². The van der Waals surface area contributed by atoms with Gasteiger partial charge in [0.15, 0.2) is 5.76 Å². The fraction of sp³-hybridized carbons (Fsp3) is 0.704. The Hall–Kier alpha value is -2.08. The number of hydrogen-bond donors (Lipinski definition) is 0. The molecule has 3 aliphatic carbocycles. The number of piperazine rings is 1. The van der Waals surface area contributed by atoms with Gasteiger partial charge in [-0.15, -0.1) is 0 Å². The molecule has 6 heteroatoms. The number of hydrogen-bond acceptors (Lipinski definition) is 4. The first-order valence-corrected chi connectivity index (χ1v) is 12.9. The number of rotatable bonds is 10. The van der Waals surface area contributed by atoms with Gasteiger partial charge in [0, 0.05) is 52.2 Å². The molecule has 5 rings (SSSR count). The lowest BCUT2D eigenvalue weighted by Gasteiger charge is -2.57. The third kappa shape index (κ3) is 5.37. The van der Waals surface area contributed by atoms with E-state index < -0.39 is 0 Å². The van der Waals surface area contributed by atoms with Crippen LogP contribution in [-0.4, -0.2) is 72.3 Å². The molecule has 1 aromatic rings. The summed E-state index contributed by atoms with van der Waals surface area (Å²) in [5.74, 6) is 2.07. The first-order valence-electron chi connectivity index (χ1n) is 12.9. The van der Waals surface area contributed by atoms with Gasteiger partial charge in [-0.05, 0) is 48.6 Å². The van der Waals surface area contributed by atoms with Crippen molar-refractivity contribution < 1.29 is 14.0 Å². The van der Waals surface area contributed by atoms with E-state index in [4.69, 9.17) is 4.42 Å². The minimum absolute atomic E-state index is 0.0232. The summed E-state index contributed by atoms with van der Waals surface area (Å²) in [5, 5.41) is 0. The SMILES string of the molecule is CCCCCC(=O)N1CCN(CCN(CC2=CCC3CC2C3(C)C)C(=O)c2ccco2)CC1. The number of unbranched alkanes of at least 4 members (excludes halogenated alkanes) is 2. The zero-order chi connectivity index (χ0) is 23.4. The molecule has 0 radical (unpaired) electrons. The first kappa shape index (κ1) is 24.1. The van der Waals surface area contributed by atoms with E-state index in [-0.39, 0.29) is 5.91 Å². The summed E-state index contributed by atoms with van der Waals surface area (Å²) in [6.07, 6.45) is 10.3. The normalized spacial score (nSPS) is 24.2. The molecule has 1 saturated carbocycles. The molecule has 0 aromatic carbocycles. The molecule has 33 heavy (non-hydrogen) atoms. The molecule has 2 heterocycles. The fourth-order valence-electron chi connectivity index (χ4n) is 5.85. The molecule has 4 aliphatic rings. The Morgan fingerprint density at radius 1 is 1.18 bits per heavy atom. The maximum absolute atomic E-state index is 13.2. The molecule has 1 saturated heterocycles. The van der Waals surface area contributed by atoms with Crippen LogP contribution in [0.5, 0.6) is 0 Å². The van der Waals surface area contributed by atoms with Crippen molar-refractivity contribution in [3.8, 4) is 0 Å². The van der Waals surface area contributed by atoms with Crippen molar-refractivity contribution in [3.63, 3.8) is 0 Å². The number of fused-ring (bicyclic) bond motifs is 1. The number of furan rings is 1. The minimum Gasteiger partial charge on any atom is -0.459 e. The highest BCUT2D eigenvalue weighted by Gasteiger charge is 2.51. The van der Waals surface area contributed by atoms with Crippen molar-refractivity contribution in [3.05, 3.63) is 35.8 Å². The van der Waals surface area contributed by atoms with E-state index in [1.165, 1.54) is 12.0 Å². The van der Waals surface area contributed by atoms with Gasteiger partial charge in [0.25, 0.3) is 5.91 Å². The van der Waals surface area contributed by atoms with E-state index >= 15 is 0 Å². The van der Waals surface area contributed by atoms with E-state index in [0.29, 0.717) is 42.5 Å². The predicted molar refractivity (Wildman–Crippen MR) is 130 cm³/mol. The Kier molecular flexibility index (Phi) is 7.62. The predicted octanol–water partition coefficient (Wildman–Crippen LogP) is 4.44. The summed E-state index contributed by atoms with van der Waals surface area (Å²) in [5.41, 5.74) is 1.77. The number of nitrogens with zero attached hydrogens (tertiary/aromatic N) is 3. The van der Waals surface area contributed by atoms with Gasteiger partial charge in [0.05, 0.1) is 6.26 Å². The zero-order valence-corrected chi connectivity index (χ0v) is 20.7. The lowest BCUT2D eigenvalue weighted by molar-refractivity contribution is -0.133. The molecule has 2 unspecified atom stereocenters. The van der Waals surface area contributed by atoms with Crippen LogP contribution < -0.4 is 0 Å². The van der Waals surface area contributed by atoms with Crippen LogP contribution in [-0.2, 0) is 4.79 Å². The highest BCUT2D eigenvalue weighted by atomic mass is 16.3. The molecule has 2 bridgehead atoms. The molecule has 1 aromatic heterocycles. The standard InChI is InChI=1S/C27H41N3O3/c1-4-5-6-9-25(31)29-15-12-28(13-16-29)14-17-30(26(32)24-8-7-18-33-24)20-21-10-11-22-19-23(21)27(22,2)3/h7-8,10,18,22-23H,4-6,9,11-17,19-20H2,1-3H3. The first-order chi connectivity index (χ1) is 15.9. The van der Waals surface area contributed by atoms with Crippen molar-refractivity contribution in [2.45, 2.75) is 59.3 Å². The van der Waals surface area contributed by atoms with Gasteiger partial charge in [-0.2, -0.15) is 0 Å². The number of allylic oxidation sites excluding steroid dienone is 1. The third-order valence-corrected chi connectivity index (χ3v) is 8.38. The minimum atomic E-state index is -0.0232. The lowest BCUT2D eigenvalue weighted by atomic mass is 9.49. The second kappa shape index (κ2) is 10.5. The van der Waals surface area contributed by atoms with Crippen LogP contribution >= 0.6 is 0 Å². The summed E-state index contributed by atoms with van der Waals surface area (Å²) in [6, 6.07) is 3.54. The van der Waals surface area contributed by atoms with Gasteiger partial charge in [-0.3, -0.25) is 14.5 Å². The summed E-state index contributed by atoms with van der Waals surface area (Å²) < 4.78 is 5.45. The summed E-state index contributed by atoms with van der Waals surface area (Å²) >= 11 is 0. The second-order valence-corrected chi connectivity index (χ2v) is 10.7. The maximum Gasteiger partial charge on any atom is 0.289 e. The Morgan fingerprint density at radius 3 is 2.61 bits per heavy atom. The van der Waals surface area contributed by atoms with Crippen LogP contribution in [0.15, 0.2) is 34.5 Å². The molecular formula is C27H41N3O3. The number of carbonyl (C=O) groups excluding carboxylic acids is 2. The molecule has 0 N–H and O–H groups in total. The maximum atomic E-state index is 13.2. The van der Waals surface area contributed by atoms with Gasteiger partial charge < -0.3 is 14.2 Å². The average Bonchev–Trinajstić information content (AvgIpc) is 3.36. The highest BCUT2D eigenvalue weighted by molar-refractivity contribution is 5.91. The number of carbonyl (C=O) groups is 2. The summed E-state index contributed by atoms with van der Waals surface area (Å²) in [6.45, 7) is 12.5. The molecular weight excluding hydrogens is 414 g/mol. The molecule has 1 aliphatic heterocycles. The van der Waals surface area contributed by atoms with Crippen molar-refractivity contribution >= 4 is 11.8 Å². The van der Waals surface area contributed by atoms with E-state index in [1.54, 1.807) is 18.4 Å². The van der Waals surface area contributed by atoms with Crippen LogP contribution in [0.2, 0.25) is 0 Å². The monoisotopic (exact) mass is 455 g/mol. The second-order valence-electron chi connectivity index (χ2n) is 10.7. The molecule has 0 spiro atoms. The van der Waals surface area contributed by atoms with E-state index in [0.717, 1.165) is 64.3 Å². The van der Waals surface area contributed by atoms with E-state index in [1.807, 2.05) is 9.80 Å². The van der Waals surface area contributed by atoms with Crippen molar-refractivity contribution in [2.24, 2.45) is 17.3 Å². The number of amides is 2. The largest absolute Gasteiger partial charge is 0.459 e. The van der Waals surface area contributed by atoms with Gasteiger partial charge in [-0.1, -0.05) is 45.3 Å². The summed E-state index contributed by atoms with van der Waals surface area (Å²) in [7, 11) is 0. The van der Waals surface area contributed by atoms with Crippen LogP contribution in [0.4, 0.5) is 0 Å². The Labute approximate surface area is 199 Å².